The summed E-state index contributed by atoms with van der Waals surface area (Å²) in [6, 6.07) is 0. The monoisotopic (exact) mass is 160 g/mol. The predicted molar refractivity (Wildman–Crippen MR) is 36.6 cm³/mol. The van der Waals surface area contributed by atoms with Crippen LogP contribution >= 0.6 is 11.6 Å². The third-order valence-corrected chi connectivity index (χ3v) is 1.38. The maximum Gasteiger partial charge on any atom is 0.222 e. The summed E-state index contributed by atoms with van der Waals surface area (Å²) in [6.07, 6.45) is 1.39. The van der Waals surface area contributed by atoms with Crippen LogP contribution in [0, 0.1) is 6.92 Å². The van der Waals surface area contributed by atoms with Crippen molar-refractivity contribution >= 4 is 11.6 Å². The minimum Gasteiger partial charge on any atom is -0.246 e. The summed E-state index contributed by atoms with van der Waals surface area (Å²) in [4.78, 5) is 7.38. The van der Waals surface area contributed by atoms with Crippen molar-refractivity contribution < 1.29 is 4.39 Å². The summed E-state index contributed by atoms with van der Waals surface area (Å²) in [5.41, 5.74) is 1.09. The highest BCUT2D eigenvalue weighted by Gasteiger charge is 1.99. The Hall–Kier alpha value is -0.700. The molecule has 54 valence electrons. The molecule has 0 radical (unpaired) electrons. The van der Waals surface area contributed by atoms with Crippen LogP contribution in [0.15, 0.2) is 6.20 Å². The fourth-order valence-electron chi connectivity index (χ4n) is 0.595. The Bertz CT molecular complexity index is 239. The normalized spacial score (nSPS) is 9.90. The lowest BCUT2D eigenvalue weighted by atomic mass is 10.3. The molecule has 0 spiro atoms. The highest BCUT2D eigenvalue weighted by molar-refractivity contribution is 6.28. The maximum absolute atomic E-state index is 12.0. The first kappa shape index (κ1) is 7.41. The molecule has 0 atom stereocenters. The van der Waals surface area contributed by atoms with Crippen molar-refractivity contribution in [2.45, 2.75) is 13.6 Å². The van der Waals surface area contributed by atoms with Crippen molar-refractivity contribution in [1.82, 2.24) is 9.97 Å². The zero-order valence-corrected chi connectivity index (χ0v) is 6.19. The second-order valence-corrected chi connectivity index (χ2v) is 2.22. The summed E-state index contributed by atoms with van der Waals surface area (Å²) in [7, 11) is 0. The molecular weight excluding hydrogens is 155 g/mol. The Morgan fingerprint density at radius 1 is 1.70 bits per heavy atom. The van der Waals surface area contributed by atoms with E-state index in [1.807, 2.05) is 0 Å². The quantitative estimate of drug-likeness (QED) is 0.587. The van der Waals surface area contributed by atoms with Gasteiger partial charge in [-0.25, -0.2) is 14.4 Å². The van der Waals surface area contributed by atoms with Gasteiger partial charge in [-0.05, 0) is 18.5 Å². The molecule has 1 aromatic rings. The fraction of sp³-hybridized carbons (Fsp3) is 0.333. The maximum atomic E-state index is 12.0. The largest absolute Gasteiger partial charge is 0.246 e. The fourth-order valence-corrected chi connectivity index (χ4v) is 0.770. The van der Waals surface area contributed by atoms with Gasteiger partial charge in [-0.3, -0.25) is 0 Å². The minimum atomic E-state index is -0.539. The van der Waals surface area contributed by atoms with Crippen LogP contribution in [0.1, 0.15) is 11.3 Å². The molecule has 0 aliphatic carbocycles. The Morgan fingerprint density at radius 2 is 2.40 bits per heavy atom. The molecule has 0 N–H and O–H groups in total. The van der Waals surface area contributed by atoms with Gasteiger partial charge < -0.3 is 0 Å². The second kappa shape index (κ2) is 2.92. The van der Waals surface area contributed by atoms with E-state index in [9.17, 15) is 4.39 Å². The number of halogens is 2. The van der Waals surface area contributed by atoms with Crippen LogP contribution in [-0.2, 0) is 6.67 Å². The van der Waals surface area contributed by atoms with Crippen LogP contribution in [-0.4, -0.2) is 9.97 Å². The Balaban J connectivity index is 3.07. The Morgan fingerprint density at radius 3 is 2.90 bits per heavy atom. The van der Waals surface area contributed by atoms with E-state index >= 15 is 0 Å². The van der Waals surface area contributed by atoms with Crippen molar-refractivity contribution in [2.75, 3.05) is 0 Å². The first-order valence-electron chi connectivity index (χ1n) is 2.78. The highest BCUT2D eigenvalue weighted by Crippen LogP contribution is 2.07. The molecule has 1 rings (SSSR count). The predicted octanol–water partition coefficient (Wildman–Crippen LogP) is 1.91. The zero-order chi connectivity index (χ0) is 7.56. The number of nitrogens with zero attached hydrogens (tertiary/aromatic N) is 2. The van der Waals surface area contributed by atoms with Gasteiger partial charge in [0.15, 0.2) is 0 Å². The molecule has 0 aromatic carbocycles. The number of rotatable bonds is 1. The van der Waals surface area contributed by atoms with E-state index in [1.165, 1.54) is 6.20 Å². The van der Waals surface area contributed by atoms with Gasteiger partial charge in [-0.15, -0.1) is 0 Å². The molecule has 1 heterocycles. The Labute approximate surface area is 63.1 Å². The van der Waals surface area contributed by atoms with Gasteiger partial charge in [-0.1, -0.05) is 0 Å². The number of alkyl halides is 1. The average molecular weight is 161 g/mol. The third-order valence-electron chi connectivity index (χ3n) is 1.20. The van der Waals surface area contributed by atoms with Crippen LogP contribution < -0.4 is 0 Å². The smallest absolute Gasteiger partial charge is 0.222 e. The summed E-state index contributed by atoms with van der Waals surface area (Å²) in [5.74, 6) is 0. The topological polar surface area (TPSA) is 25.8 Å². The minimum absolute atomic E-state index is 0.162. The SMILES string of the molecule is Cc1nc(Cl)ncc1CF. The lowest BCUT2D eigenvalue weighted by Crippen LogP contribution is -1.92. The van der Waals surface area contributed by atoms with E-state index in [4.69, 9.17) is 11.6 Å². The lowest BCUT2D eigenvalue weighted by molar-refractivity contribution is 0.481. The number of aryl methyl sites for hydroxylation is 1. The molecule has 0 aliphatic heterocycles. The van der Waals surface area contributed by atoms with Gasteiger partial charge in [-0.2, -0.15) is 0 Å². The van der Waals surface area contributed by atoms with Crippen LogP contribution in [0.5, 0.6) is 0 Å². The molecule has 10 heavy (non-hydrogen) atoms. The molecule has 0 saturated carbocycles. The van der Waals surface area contributed by atoms with E-state index in [0.29, 0.717) is 11.3 Å². The van der Waals surface area contributed by atoms with Crippen molar-refractivity contribution in [3.8, 4) is 0 Å². The highest BCUT2D eigenvalue weighted by atomic mass is 35.5. The lowest BCUT2D eigenvalue weighted by Gasteiger charge is -1.97. The molecule has 2 nitrogen and oxygen atoms in total. The summed E-state index contributed by atoms with van der Waals surface area (Å²) >= 11 is 5.43. The third kappa shape index (κ3) is 1.42. The van der Waals surface area contributed by atoms with Gasteiger partial charge in [0.2, 0.25) is 5.28 Å². The number of aromatic nitrogens is 2. The zero-order valence-electron chi connectivity index (χ0n) is 5.43. The van der Waals surface area contributed by atoms with Gasteiger partial charge in [0.1, 0.15) is 6.67 Å². The van der Waals surface area contributed by atoms with Gasteiger partial charge in [0, 0.05) is 17.5 Å². The van der Waals surface area contributed by atoms with E-state index in [1.54, 1.807) is 6.92 Å². The van der Waals surface area contributed by atoms with Crippen LogP contribution in [0.2, 0.25) is 5.28 Å². The average Bonchev–Trinajstić information content (AvgIpc) is 1.88. The molecule has 1 aromatic heterocycles. The number of hydrogen-bond donors (Lipinski definition) is 0. The molecular formula is C6H6ClFN2. The van der Waals surface area contributed by atoms with Gasteiger partial charge in [0.05, 0.1) is 0 Å². The van der Waals surface area contributed by atoms with Crippen LogP contribution in [0.3, 0.4) is 0 Å². The summed E-state index contributed by atoms with van der Waals surface area (Å²) in [5, 5.41) is 0.162. The Kier molecular flexibility index (Phi) is 2.17. The van der Waals surface area contributed by atoms with Crippen molar-refractivity contribution in [3.05, 3.63) is 22.7 Å². The number of hydrogen-bond acceptors (Lipinski definition) is 2. The summed E-state index contributed by atoms with van der Waals surface area (Å²) in [6.45, 7) is 1.16. The van der Waals surface area contributed by atoms with E-state index in [-0.39, 0.29) is 5.28 Å². The van der Waals surface area contributed by atoms with Crippen molar-refractivity contribution in [1.29, 1.82) is 0 Å². The van der Waals surface area contributed by atoms with Crippen LogP contribution in [0.25, 0.3) is 0 Å². The van der Waals surface area contributed by atoms with E-state index in [0.717, 1.165) is 0 Å². The molecule has 0 unspecified atom stereocenters. The first-order valence-corrected chi connectivity index (χ1v) is 3.16. The standard InChI is InChI=1S/C6H6ClFN2/c1-4-5(2-8)3-9-6(7)10-4/h3H,2H2,1H3. The molecule has 4 heteroatoms. The van der Waals surface area contributed by atoms with E-state index in [2.05, 4.69) is 9.97 Å². The first-order chi connectivity index (χ1) is 4.74. The summed E-state index contributed by atoms with van der Waals surface area (Å²) < 4.78 is 12.0. The molecule has 0 saturated heterocycles. The van der Waals surface area contributed by atoms with Crippen LogP contribution in [0.4, 0.5) is 4.39 Å². The van der Waals surface area contributed by atoms with Gasteiger partial charge in [0.25, 0.3) is 0 Å². The molecule has 0 bridgehead atoms. The van der Waals surface area contributed by atoms with Crippen molar-refractivity contribution in [3.63, 3.8) is 0 Å². The molecule has 0 amide bonds. The molecule has 0 aliphatic rings. The van der Waals surface area contributed by atoms with Crippen molar-refractivity contribution in [2.24, 2.45) is 0 Å². The van der Waals surface area contributed by atoms with E-state index < -0.39 is 6.67 Å². The van der Waals surface area contributed by atoms with Gasteiger partial charge >= 0.3 is 0 Å². The molecule has 0 fully saturated rings. The second-order valence-electron chi connectivity index (χ2n) is 1.88.